The van der Waals surface area contributed by atoms with Crippen molar-refractivity contribution in [3.63, 3.8) is 0 Å². The molecule has 5 nitrogen and oxygen atoms in total. The molecule has 2 aromatic rings. The van der Waals surface area contributed by atoms with Crippen LogP contribution in [-0.4, -0.2) is 41.0 Å². The van der Waals surface area contributed by atoms with Crippen LogP contribution in [0.5, 0.6) is 0 Å². The van der Waals surface area contributed by atoms with Crippen LogP contribution in [0.25, 0.3) is 0 Å². The monoisotopic (exact) mass is 399 g/mol. The molecule has 1 atom stereocenters. The number of carbonyl (C=O) groups excluding carboxylic acids is 2. The molecule has 0 radical (unpaired) electrons. The van der Waals surface area contributed by atoms with Crippen LogP contribution in [0.15, 0.2) is 53.6 Å². The Bertz CT molecular complexity index is 924. The highest BCUT2D eigenvalue weighted by molar-refractivity contribution is 6.03. The Kier molecular flexibility index (Phi) is 6.06. The van der Waals surface area contributed by atoms with Crippen LogP contribution in [-0.2, 0) is 9.59 Å². The van der Waals surface area contributed by atoms with Gasteiger partial charge in [-0.1, -0.05) is 38.1 Å². The van der Waals surface area contributed by atoms with Gasteiger partial charge in [-0.15, -0.1) is 0 Å². The van der Waals surface area contributed by atoms with Crippen LogP contribution < -0.4 is 0 Å². The highest BCUT2D eigenvalue weighted by Crippen LogP contribution is 2.33. The fourth-order valence-corrected chi connectivity index (χ4v) is 3.30. The van der Waals surface area contributed by atoms with Crippen molar-refractivity contribution in [2.45, 2.75) is 26.3 Å². The van der Waals surface area contributed by atoms with Gasteiger partial charge in [-0.3, -0.25) is 9.59 Å². The molecule has 1 aliphatic rings. The molecule has 1 heterocycles. The van der Waals surface area contributed by atoms with Crippen LogP contribution >= 0.6 is 0 Å². The predicted octanol–water partition coefficient (Wildman–Crippen LogP) is 3.76. The first kappa shape index (κ1) is 20.6. The SMILES string of the molecule is CC(C)C(=O)N(C)CC(=O)N1N=C(c2ccc(F)cc2)C[C@H]1c1ccc(F)cc1. The predicted molar refractivity (Wildman–Crippen MR) is 106 cm³/mol. The van der Waals surface area contributed by atoms with Crippen molar-refractivity contribution >= 4 is 17.5 Å². The van der Waals surface area contributed by atoms with Crippen molar-refractivity contribution in [2.24, 2.45) is 11.0 Å². The summed E-state index contributed by atoms with van der Waals surface area (Å²) in [5.74, 6) is -1.43. The molecule has 7 heteroatoms. The number of likely N-dealkylation sites (N-methyl/N-ethyl adjacent to an activating group) is 1. The number of rotatable bonds is 5. The largest absolute Gasteiger partial charge is 0.336 e. The van der Waals surface area contributed by atoms with Crippen LogP contribution in [0, 0.1) is 17.6 Å². The molecule has 0 unspecified atom stereocenters. The van der Waals surface area contributed by atoms with Gasteiger partial charge in [0.05, 0.1) is 11.8 Å². The summed E-state index contributed by atoms with van der Waals surface area (Å²) in [6.45, 7) is 3.42. The summed E-state index contributed by atoms with van der Waals surface area (Å²) in [4.78, 5) is 26.5. The molecule has 152 valence electrons. The van der Waals surface area contributed by atoms with Crippen molar-refractivity contribution in [1.82, 2.24) is 9.91 Å². The summed E-state index contributed by atoms with van der Waals surface area (Å²) in [5, 5.41) is 5.81. The lowest BCUT2D eigenvalue weighted by molar-refractivity contribution is -0.142. The fourth-order valence-electron chi connectivity index (χ4n) is 3.30. The number of amides is 2. The number of hydrogen-bond donors (Lipinski definition) is 0. The second kappa shape index (κ2) is 8.51. The van der Waals surface area contributed by atoms with Crippen molar-refractivity contribution in [3.05, 3.63) is 71.3 Å². The van der Waals surface area contributed by atoms with E-state index in [-0.39, 0.29) is 35.9 Å². The lowest BCUT2D eigenvalue weighted by atomic mass is 9.98. The second-order valence-corrected chi connectivity index (χ2v) is 7.41. The summed E-state index contributed by atoms with van der Waals surface area (Å²) in [6, 6.07) is 11.4. The summed E-state index contributed by atoms with van der Waals surface area (Å²) in [7, 11) is 1.58. The van der Waals surface area contributed by atoms with Gasteiger partial charge >= 0.3 is 0 Å². The third-order valence-corrected chi connectivity index (χ3v) is 4.84. The Hall–Kier alpha value is -3.09. The van der Waals surface area contributed by atoms with E-state index in [9.17, 15) is 18.4 Å². The van der Waals surface area contributed by atoms with Gasteiger partial charge in [0, 0.05) is 19.4 Å². The molecule has 0 aliphatic carbocycles. The molecule has 0 saturated carbocycles. The van der Waals surface area contributed by atoms with E-state index in [1.165, 1.54) is 34.2 Å². The Morgan fingerprint density at radius 2 is 1.62 bits per heavy atom. The van der Waals surface area contributed by atoms with E-state index >= 15 is 0 Å². The van der Waals surface area contributed by atoms with E-state index in [1.807, 2.05) is 0 Å². The Morgan fingerprint density at radius 3 is 2.17 bits per heavy atom. The summed E-state index contributed by atoms with van der Waals surface area (Å²) < 4.78 is 26.6. The van der Waals surface area contributed by atoms with Gasteiger partial charge in [-0.25, -0.2) is 13.8 Å². The molecular weight excluding hydrogens is 376 g/mol. The molecule has 3 rings (SSSR count). The maximum absolute atomic E-state index is 13.4. The molecule has 0 fully saturated rings. The van der Waals surface area contributed by atoms with Crippen molar-refractivity contribution in [3.8, 4) is 0 Å². The van der Waals surface area contributed by atoms with Gasteiger partial charge in [-0.2, -0.15) is 5.10 Å². The summed E-state index contributed by atoms with van der Waals surface area (Å²) >= 11 is 0. The molecule has 0 bridgehead atoms. The third kappa shape index (κ3) is 4.67. The highest BCUT2D eigenvalue weighted by atomic mass is 19.1. The van der Waals surface area contributed by atoms with E-state index in [0.29, 0.717) is 17.7 Å². The molecule has 2 amide bonds. The van der Waals surface area contributed by atoms with Crippen LogP contribution in [0.1, 0.15) is 37.4 Å². The molecule has 2 aromatic carbocycles. The Labute approximate surface area is 168 Å². The zero-order valence-corrected chi connectivity index (χ0v) is 16.6. The van der Waals surface area contributed by atoms with Crippen molar-refractivity contribution < 1.29 is 18.4 Å². The maximum Gasteiger partial charge on any atom is 0.262 e. The van der Waals surface area contributed by atoms with Gasteiger partial charge in [0.15, 0.2) is 0 Å². The topological polar surface area (TPSA) is 53.0 Å². The Balaban J connectivity index is 1.89. The zero-order chi connectivity index (χ0) is 21.1. The molecular formula is C22H23F2N3O2. The van der Waals surface area contributed by atoms with Gasteiger partial charge in [-0.05, 0) is 35.4 Å². The van der Waals surface area contributed by atoms with E-state index in [0.717, 1.165) is 5.56 Å². The fraction of sp³-hybridized carbons (Fsp3) is 0.318. The number of halogens is 2. The Morgan fingerprint density at radius 1 is 1.07 bits per heavy atom. The molecule has 0 spiro atoms. The van der Waals surface area contributed by atoms with Gasteiger partial charge < -0.3 is 4.90 Å². The quantitative estimate of drug-likeness (QED) is 0.769. The van der Waals surface area contributed by atoms with Crippen LogP contribution in [0.2, 0.25) is 0 Å². The van der Waals surface area contributed by atoms with E-state index < -0.39 is 6.04 Å². The third-order valence-electron chi connectivity index (χ3n) is 4.84. The minimum atomic E-state index is -0.425. The molecule has 0 aromatic heterocycles. The normalized spacial score (nSPS) is 16.1. The number of hydrogen-bond acceptors (Lipinski definition) is 3. The second-order valence-electron chi connectivity index (χ2n) is 7.41. The summed E-state index contributed by atoms with van der Waals surface area (Å²) in [6.07, 6.45) is 0.408. The average Bonchev–Trinajstić information content (AvgIpc) is 3.13. The van der Waals surface area contributed by atoms with Gasteiger partial charge in [0.25, 0.3) is 5.91 Å². The zero-order valence-electron chi connectivity index (χ0n) is 16.6. The molecule has 29 heavy (non-hydrogen) atoms. The minimum Gasteiger partial charge on any atom is -0.336 e. The molecule has 1 aliphatic heterocycles. The van der Waals surface area contributed by atoms with Gasteiger partial charge in [0.2, 0.25) is 5.91 Å². The van der Waals surface area contributed by atoms with Crippen LogP contribution in [0.4, 0.5) is 8.78 Å². The lowest BCUT2D eigenvalue weighted by Gasteiger charge is -2.25. The first-order valence-electron chi connectivity index (χ1n) is 9.42. The standard InChI is InChI=1S/C22H23F2N3O2/c1-14(2)22(29)26(3)13-21(28)27-20(16-6-10-18(24)11-7-16)12-19(25-27)15-4-8-17(23)9-5-15/h4-11,14,20H,12-13H2,1-3H3/t20-/m0/s1. The van der Waals surface area contributed by atoms with Crippen LogP contribution in [0.3, 0.4) is 0 Å². The molecule has 0 saturated heterocycles. The lowest BCUT2D eigenvalue weighted by Crippen LogP contribution is -2.40. The summed E-state index contributed by atoms with van der Waals surface area (Å²) in [5.41, 5.74) is 2.07. The number of nitrogens with zero attached hydrogens (tertiary/aromatic N) is 3. The van der Waals surface area contributed by atoms with Crippen molar-refractivity contribution in [1.29, 1.82) is 0 Å². The average molecular weight is 399 g/mol. The number of carbonyl (C=O) groups is 2. The smallest absolute Gasteiger partial charge is 0.262 e. The maximum atomic E-state index is 13.4. The molecule has 0 N–H and O–H groups in total. The van der Waals surface area contributed by atoms with E-state index in [2.05, 4.69) is 5.10 Å². The first-order chi connectivity index (χ1) is 13.8. The number of hydrazone groups is 1. The highest BCUT2D eigenvalue weighted by Gasteiger charge is 2.34. The minimum absolute atomic E-state index is 0.116. The first-order valence-corrected chi connectivity index (χ1v) is 9.42. The van der Waals surface area contributed by atoms with E-state index in [1.54, 1.807) is 45.2 Å². The van der Waals surface area contributed by atoms with Crippen molar-refractivity contribution in [2.75, 3.05) is 13.6 Å². The number of benzene rings is 2. The van der Waals surface area contributed by atoms with E-state index in [4.69, 9.17) is 0 Å². The van der Waals surface area contributed by atoms with Gasteiger partial charge in [0.1, 0.15) is 18.2 Å².